The van der Waals surface area contributed by atoms with E-state index >= 15 is 0 Å². The predicted molar refractivity (Wildman–Crippen MR) is 69.0 cm³/mol. The van der Waals surface area contributed by atoms with Gasteiger partial charge >= 0.3 is 0 Å². The van der Waals surface area contributed by atoms with Crippen LogP contribution >= 0.6 is 11.6 Å². The number of benzene rings is 1. The minimum absolute atomic E-state index is 0.475. The van der Waals surface area contributed by atoms with E-state index in [2.05, 4.69) is 0 Å². The average molecular weight is 247 g/mol. The third-order valence-electron chi connectivity index (χ3n) is 2.31. The highest BCUT2D eigenvalue weighted by Gasteiger charge is 2.04. The number of rotatable bonds is 3. The zero-order chi connectivity index (χ0) is 12.3. The lowest BCUT2D eigenvalue weighted by atomic mass is 10.3. The van der Waals surface area contributed by atoms with Gasteiger partial charge in [-0.1, -0.05) is 23.7 Å². The highest BCUT2D eigenvalue weighted by atomic mass is 35.5. The topological polar surface area (TPSA) is 48.0 Å². The Morgan fingerprint density at radius 1 is 1.24 bits per heavy atom. The lowest BCUT2D eigenvalue weighted by Crippen LogP contribution is -2.05. The number of para-hydroxylation sites is 1. The third-order valence-corrected chi connectivity index (χ3v) is 2.63. The molecule has 86 valence electrons. The monoisotopic (exact) mass is 246 g/mol. The number of primary amides is 1. The van der Waals surface area contributed by atoms with Gasteiger partial charge in [-0.3, -0.25) is 4.79 Å². The Morgan fingerprint density at radius 3 is 2.71 bits per heavy atom. The zero-order valence-corrected chi connectivity index (χ0v) is 9.76. The maximum absolute atomic E-state index is 10.7. The van der Waals surface area contributed by atoms with E-state index in [1.807, 2.05) is 47.2 Å². The number of hydrogen-bond donors (Lipinski definition) is 1. The summed E-state index contributed by atoms with van der Waals surface area (Å²) in [5.41, 5.74) is 6.78. The van der Waals surface area contributed by atoms with Gasteiger partial charge in [0.1, 0.15) is 0 Å². The molecule has 0 bridgehead atoms. The van der Waals surface area contributed by atoms with Gasteiger partial charge in [0, 0.05) is 18.0 Å². The smallest absolute Gasteiger partial charge is 0.241 e. The van der Waals surface area contributed by atoms with Gasteiger partial charge in [0.05, 0.1) is 10.7 Å². The van der Waals surface area contributed by atoms with Crippen molar-refractivity contribution in [3.63, 3.8) is 0 Å². The number of nitrogens with two attached hydrogens (primary N) is 1. The molecule has 1 heterocycles. The molecule has 0 fully saturated rings. The van der Waals surface area contributed by atoms with Gasteiger partial charge in [-0.05, 0) is 30.3 Å². The van der Waals surface area contributed by atoms with Crippen LogP contribution in [-0.4, -0.2) is 10.5 Å². The molecule has 2 aromatic rings. The summed E-state index contributed by atoms with van der Waals surface area (Å²) in [7, 11) is 0. The first kappa shape index (κ1) is 11.5. The van der Waals surface area contributed by atoms with Crippen molar-refractivity contribution in [1.82, 2.24) is 4.57 Å². The summed E-state index contributed by atoms with van der Waals surface area (Å²) in [6.07, 6.45) is 4.86. The van der Waals surface area contributed by atoms with Gasteiger partial charge in [0.2, 0.25) is 5.91 Å². The molecule has 17 heavy (non-hydrogen) atoms. The van der Waals surface area contributed by atoms with E-state index < -0.39 is 5.91 Å². The largest absolute Gasteiger partial charge is 0.366 e. The molecule has 1 aromatic carbocycles. The minimum Gasteiger partial charge on any atom is -0.366 e. The lowest BCUT2D eigenvalue weighted by Gasteiger charge is -2.08. The second-order valence-electron chi connectivity index (χ2n) is 3.49. The highest BCUT2D eigenvalue weighted by molar-refractivity contribution is 6.32. The van der Waals surface area contributed by atoms with Crippen LogP contribution in [0.1, 0.15) is 5.69 Å². The molecule has 2 N–H and O–H groups in total. The van der Waals surface area contributed by atoms with Crippen LogP contribution in [0.4, 0.5) is 0 Å². The van der Waals surface area contributed by atoms with Gasteiger partial charge in [0.15, 0.2) is 0 Å². The summed E-state index contributed by atoms with van der Waals surface area (Å²) >= 11 is 6.11. The fourth-order valence-electron chi connectivity index (χ4n) is 1.56. The second kappa shape index (κ2) is 4.89. The Kier molecular flexibility index (Phi) is 3.30. The molecule has 4 heteroatoms. The van der Waals surface area contributed by atoms with Gasteiger partial charge in [-0.2, -0.15) is 0 Å². The van der Waals surface area contributed by atoms with E-state index in [0.717, 1.165) is 11.4 Å². The summed E-state index contributed by atoms with van der Waals surface area (Å²) in [5.74, 6) is -0.475. The van der Waals surface area contributed by atoms with Crippen molar-refractivity contribution in [2.24, 2.45) is 5.73 Å². The fraction of sp³-hybridized carbons (Fsp3) is 0. The Morgan fingerprint density at radius 2 is 2.00 bits per heavy atom. The van der Waals surface area contributed by atoms with E-state index in [-0.39, 0.29) is 0 Å². The van der Waals surface area contributed by atoms with Crippen LogP contribution in [0.5, 0.6) is 0 Å². The van der Waals surface area contributed by atoms with E-state index in [1.165, 1.54) is 6.08 Å². The van der Waals surface area contributed by atoms with E-state index in [4.69, 9.17) is 17.3 Å². The predicted octanol–water partition coefficient (Wildman–Crippen LogP) is 2.63. The van der Waals surface area contributed by atoms with Gasteiger partial charge in [0.25, 0.3) is 0 Å². The van der Waals surface area contributed by atoms with Crippen molar-refractivity contribution in [3.8, 4) is 5.69 Å². The average Bonchev–Trinajstić information content (AvgIpc) is 2.75. The standard InChI is InChI=1S/C13H11ClN2O/c14-11-5-1-2-6-12(11)16-9-3-4-10(16)7-8-13(15)17/h1-9H,(H2,15,17)/b8-7+. The SMILES string of the molecule is NC(=O)/C=C/c1cccn1-c1ccccc1Cl. The van der Waals surface area contributed by atoms with Gasteiger partial charge < -0.3 is 10.3 Å². The Hall–Kier alpha value is -2.00. The van der Waals surface area contributed by atoms with E-state index in [0.29, 0.717) is 5.02 Å². The molecule has 1 aromatic heterocycles. The van der Waals surface area contributed by atoms with Crippen molar-refractivity contribution >= 4 is 23.6 Å². The van der Waals surface area contributed by atoms with Crippen LogP contribution in [0.3, 0.4) is 0 Å². The molecule has 3 nitrogen and oxygen atoms in total. The number of carbonyl (C=O) groups is 1. The summed E-state index contributed by atoms with van der Waals surface area (Å²) < 4.78 is 1.89. The van der Waals surface area contributed by atoms with Crippen LogP contribution < -0.4 is 5.73 Å². The quantitative estimate of drug-likeness (QED) is 0.832. The summed E-state index contributed by atoms with van der Waals surface area (Å²) in [6, 6.07) is 11.3. The molecule has 0 saturated heterocycles. The minimum atomic E-state index is -0.475. The molecule has 0 spiro atoms. The number of carbonyl (C=O) groups excluding carboxylic acids is 1. The first-order valence-electron chi connectivity index (χ1n) is 5.08. The van der Waals surface area contributed by atoms with Crippen LogP contribution in [0.25, 0.3) is 11.8 Å². The zero-order valence-electron chi connectivity index (χ0n) is 9.01. The first-order chi connectivity index (χ1) is 8.18. The second-order valence-corrected chi connectivity index (χ2v) is 3.90. The molecule has 0 saturated carbocycles. The Labute approximate surface area is 104 Å². The van der Waals surface area contributed by atoms with Crippen molar-refractivity contribution in [2.45, 2.75) is 0 Å². The van der Waals surface area contributed by atoms with Crippen molar-refractivity contribution in [3.05, 3.63) is 59.4 Å². The molecular formula is C13H11ClN2O. The number of hydrogen-bond acceptors (Lipinski definition) is 1. The number of halogens is 1. The van der Waals surface area contributed by atoms with Gasteiger partial charge in [-0.25, -0.2) is 0 Å². The van der Waals surface area contributed by atoms with Crippen LogP contribution in [0, 0.1) is 0 Å². The molecular weight excluding hydrogens is 236 g/mol. The molecule has 0 radical (unpaired) electrons. The van der Waals surface area contributed by atoms with Crippen molar-refractivity contribution < 1.29 is 4.79 Å². The molecule has 0 aliphatic rings. The fourth-order valence-corrected chi connectivity index (χ4v) is 1.79. The van der Waals surface area contributed by atoms with Gasteiger partial charge in [-0.15, -0.1) is 0 Å². The van der Waals surface area contributed by atoms with E-state index in [1.54, 1.807) is 6.08 Å². The van der Waals surface area contributed by atoms with Crippen LogP contribution in [0.2, 0.25) is 5.02 Å². The van der Waals surface area contributed by atoms with Crippen molar-refractivity contribution in [1.29, 1.82) is 0 Å². The first-order valence-corrected chi connectivity index (χ1v) is 5.46. The normalized spacial score (nSPS) is 10.9. The molecule has 0 atom stereocenters. The number of aromatic nitrogens is 1. The maximum Gasteiger partial charge on any atom is 0.241 e. The van der Waals surface area contributed by atoms with Crippen LogP contribution in [0.15, 0.2) is 48.7 Å². The lowest BCUT2D eigenvalue weighted by molar-refractivity contribution is -0.113. The molecule has 2 rings (SSSR count). The summed E-state index contributed by atoms with van der Waals surface area (Å²) in [4.78, 5) is 10.7. The summed E-state index contributed by atoms with van der Waals surface area (Å²) in [6.45, 7) is 0. The third kappa shape index (κ3) is 2.57. The van der Waals surface area contributed by atoms with Crippen molar-refractivity contribution in [2.75, 3.05) is 0 Å². The molecule has 0 aliphatic heterocycles. The number of amides is 1. The molecule has 1 amide bonds. The molecule has 0 aliphatic carbocycles. The van der Waals surface area contributed by atoms with Crippen LogP contribution in [-0.2, 0) is 4.79 Å². The highest BCUT2D eigenvalue weighted by Crippen LogP contribution is 2.22. The Bertz CT molecular complexity index is 572. The molecule has 0 unspecified atom stereocenters. The Balaban J connectivity index is 2.44. The van der Waals surface area contributed by atoms with E-state index in [9.17, 15) is 4.79 Å². The maximum atomic E-state index is 10.7. The number of nitrogens with zero attached hydrogens (tertiary/aromatic N) is 1. The summed E-state index contributed by atoms with van der Waals surface area (Å²) in [5, 5.41) is 0.650.